The van der Waals surface area contributed by atoms with E-state index >= 15 is 0 Å². The van der Waals surface area contributed by atoms with Crippen molar-refractivity contribution < 1.29 is 9.53 Å². The summed E-state index contributed by atoms with van der Waals surface area (Å²) in [5.41, 5.74) is 10.0. The Bertz CT molecular complexity index is 1150. The number of nitrogens with zero attached hydrogens (tertiary/aromatic N) is 2. The van der Waals surface area contributed by atoms with E-state index < -0.39 is 5.92 Å². The Balaban J connectivity index is 1.61. The molecule has 7 heteroatoms. The number of halogens is 2. The molecule has 2 aromatic rings. The second-order valence-electron chi connectivity index (χ2n) is 7.65. The molecule has 0 saturated heterocycles. The van der Waals surface area contributed by atoms with Gasteiger partial charge in [-0.2, -0.15) is 5.26 Å². The topological polar surface area (TPSA) is 79.3 Å². The number of benzene rings is 2. The molecule has 5 nitrogen and oxygen atoms in total. The minimum absolute atomic E-state index is 0.0818. The summed E-state index contributed by atoms with van der Waals surface area (Å²) < 4.78 is 5.86. The van der Waals surface area contributed by atoms with Crippen molar-refractivity contribution in [2.45, 2.75) is 31.8 Å². The Labute approximate surface area is 191 Å². The normalized spacial score (nSPS) is 18.7. The quantitative estimate of drug-likeness (QED) is 0.678. The van der Waals surface area contributed by atoms with Crippen molar-refractivity contribution in [3.05, 3.63) is 86.3 Å². The Hall–Kier alpha value is -2.94. The van der Waals surface area contributed by atoms with E-state index in [9.17, 15) is 10.1 Å². The number of nitriles is 1. The number of ether oxygens (including phenoxy) is 1. The van der Waals surface area contributed by atoms with Gasteiger partial charge in [0, 0.05) is 24.7 Å². The summed E-state index contributed by atoms with van der Waals surface area (Å²) in [5, 5.41) is 10.8. The van der Waals surface area contributed by atoms with Crippen LogP contribution in [0.25, 0.3) is 0 Å². The summed E-state index contributed by atoms with van der Waals surface area (Å²) in [6.45, 7) is 0.342. The van der Waals surface area contributed by atoms with Crippen LogP contribution in [-0.4, -0.2) is 17.7 Å². The first-order chi connectivity index (χ1) is 14.9. The maximum Gasteiger partial charge on any atom is 0.161 e. The molecule has 31 heavy (non-hydrogen) atoms. The molecule has 2 N–H and O–H groups in total. The van der Waals surface area contributed by atoms with E-state index in [0.717, 1.165) is 29.7 Å². The molecule has 0 spiro atoms. The highest BCUT2D eigenvalue weighted by molar-refractivity contribution is 6.42. The number of carbonyl (C=O) groups excluding carboxylic acids is 1. The van der Waals surface area contributed by atoms with Crippen molar-refractivity contribution in [1.82, 2.24) is 4.90 Å². The number of carbonyl (C=O) groups is 1. The number of hydrogen-bond acceptors (Lipinski definition) is 5. The molecule has 0 aromatic heterocycles. The second kappa shape index (κ2) is 8.66. The number of nitrogens with two attached hydrogens (primary N) is 1. The van der Waals surface area contributed by atoms with E-state index in [-0.39, 0.29) is 5.78 Å². The Morgan fingerprint density at radius 1 is 1.16 bits per heavy atom. The van der Waals surface area contributed by atoms with Crippen LogP contribution in [0.15, 0.2) is 65.1 Å². The van der Waals surface area contributed by atoms with E-state index in [2.05, 4.69) is 6.07 Å². The van der Waals surface area contributed by atoms with Crippen LogP contribution in [0.4, 0.5) is 0 Å². The molecule has 0 bridgehead atoms. The molecular weight excluding hydrogens is 433 g/mol. The van der Waals surface area contributed by atoms with Gasteiger partial charge in [-0.25, -0.2) is 0 Å². The summed E-state index contributed by atoms with van der Waals surface area (Å²) >= 11 is 12.0. The molecule has 1 aliphatic carbocycles. The van der Waals surface area contributed by atoms with Gasteiger partial charge in [0.15, 0.2) is 5.78 Å². The number of hydrogen-bond donors (Lipinski definition) is 1. The standard InChI is InChI=1S/C24H21Cl2N3O2/c1-29-20-3-2-4-21(30)23(20)22(17(12-27)24(29)28)15-6-8-16(9-7-15)31-13-14-5-10-18(25)19(26)11-14/h5-11,22H,2-4,13,28H2,1H3/t22-/m1/s1. The summed E-state index contributed by atoms with van der Waals surface area (Å²) in [5.74, 6) is 0.703. The van der Waals surface area contributed by atoms with Crippen LogP contribution in [0.2, 0.25) is 10.0 Å². The average molecular weight is 454 g/mol. The maximum atomic E-state index is 12.8. The molecule has 2 aromatic carbocycles. The van der Waals surface area contributed by atoms with E-state index in [1.165, 1.54) is 0 Å². The minimum Gasteiger partial charge on any atom is -0.489 e. The van der Waals surface area contributed by atoms with Crippen LogP contribution in [0.1, 0.15) is 36.3 Å². The number of ketones is 1. The number of allylic oxidation sites excluding steroid dienone is 3. The van der Waals surface area contributed by atoms with E-state index in [1.54, 1.807) is 17.0 Å². The lowest BCUT2D eigenvalue weighted by atomic mass is 9.76. The first-order valence-electron chi connectivity index (χ1n) is 9.97. The van der Waals surface area contributed by atoms with Gasteiger partial charge in [0.2, 0.25) is 0 Å². The predicted molar refractivity (Wildman–Crippen MR) is 120 cm³/mol. The largest absolute Gasteiger partial charge is 0.489 e. The average Bonchev–Trinajstić information content (AvgIpc) is 2.77. The van der Waals surface area contributed by atoms with Crippen molar-refractivity contribution in [1.29, 1.82) is 5.26 Å². The van der Waals surface area contributed by atoms with Crippen molar-refractivity contribution in [3.63, 3.8) is 0 Å². The Morgan fingerprint density at radius 2 is 1.90 bits per heavy atom. The van der Waals surface area contributed by atoms with Gasteiger partial charge < -0.3 is 15.4 Å². The van der Waals surface area contributed by atoms with Crippen molar-refractivity contribution in [2.75, 3.05) is 7.05 Å². The molecule has 158 valence electrons. The highest BCUT2D eigenvalue weighted by Crippen LogP contribution is 2.44. The monoisotopic (exact) mass is 453 g/mol. The highest BCUT2D eigenvalue weighted by atomic mass is 35.5. The number of Topliss-reactive ketones (excluding diaryl/α,β-unsaturated/α-hetero) is 1. The van der Waals surface area contributed by atoms with E-state index in [1.807, 2.05) is 37.4 Å². The SMILES string of the molecule is CN1C(N)=C(C#N)[C@@H](c2ccc(OCc3ccc(Cl)c(Cl)c3)cc2)C2=C1CCCC2=O. The van der Waals surface area contributed by atoms with Gasteiger partial charge in [-0.3, -0.25) is 4.79 Å². The fraction of sp³-hybridized carbons (Fsp3) is 0.250. The summed E-state index contributed by atoms with van der Waals surface area (Å²) in [4.78, 5) is 14.6. The molecule has 0 fully saturated rings. The Morgan fingerprint density at radius 3 is 2.58 bits per heavy atom. The van der Waals surface area contributed by atoms with E-state index in [4.69, 9.17) is 33.7 Å². The minimum atomic E-state index is -0.451. The lowest BCUT2D eigenvalue weighted by Crippen LogP contribution is -2.36. The third-order valence-electron chi connectivity index (χ3n) is 5.77. The lowest BCUT2D eigenvalue weighted by Gasteiger charge is -2.37. The van der Waals surface area contributed by atoms with Gasteiger partial charge >= 0.3 is 0 Å². The Kier molecular flexibility index (Phi) is 5.95. The van der Waals surface area contributed by atoms with Crippen molar-refractivity contribution >= 4 is 29.0 Å². The summed E-state index contributed by atoms with van der Waals surface area (Å²) in [6.07, 6.45) is 2.07. The molecule has 2 aliphatic rings. The summed E-state index contributed by atoms with van der Waals surface area (Å²) in [6, 6.07) is 15.0. The van der Waals surface area contributed by atoms with Gasteiger partial charge in [0.25, 0.3) is 0 Å². The van der Waals surface area contributed by atoms with Gasteiger partial charge in [0.05, 0.1) is 27.6 Å². The van der Waals surface area contributed by atoms with Gasteiger partial charge in [-0.15, -0.1) is 0 Å². The first-order valence-corrected chi connectivity index (χ1v) is 10.7. The molecule has 1 aliphatic heterocycles. The molecule has 0 radical (unpaired) electrons. The van der Waals surface area contributed by atoms with Crippen LogP contribution in [0.3, 0.4) is 0 Å². The fourth-order valence-corrected chi connectivity index (χ4v) is 4.47. The van der Waals surface area contributed by atoms with Crippen LogP contribution in [0.5, 0.6) is 5.75 Å². The molecule has 0 unspecified atom stereocenters. The van der Waals surface area contributed by atoms with Crippen molar-refractivity contribution in [2.24, 2.45) is 5.73 Å². The van der Waals surface area contributed by atoms with Crippen LogP contribution in [0, 0.1) is 11.3 Å². The summed E-state index contributed by atoms with van der Waals surface area (Å²) in [7, 11) is 1.82. The second-order valence-corrected chi connectivity index (χ2v) is 8.46. The zero-order chi connectivity index (χ0) is 22.1. The molecule has 0 saturated carbocycles. The zero-order valence-electron chi connectivity index (χ0n) is 17.0. The molecule has 1 heterocycles. The van der Waals surface area contributed by atoms with Crippen LogP contribution >= 0.6 is 23.2 Å². The fourth-order valence-electron chi connectivity index (χ4n) is 4.15. The maximum absolute atomic E-state index is 12.8. The predicted octanol–water partition coefficient (Wildman–Crippen LogP) is 5.30. The third-order valence-corrected chi connectivity index (χ3v) is 6.51. The van der Waals surface area contributed by atoms with Crippen LogP contribution in [-0.2, 0) is 11.4 Å². The first kappa shape index (κ1) is 21.3. The zero-order valence-corrected chi connectivity index (χ0v) is 18.5. The molecular formula is C24H21Cl2N3O2. The molecule has 4 rings (SSSR count). The van der Waals surface area contributed by atoms with Gasteiger partial charge in [-0.05, 0) is 48.2 Å². The molecule has 0 amide bonds. The smallest absolute Gasteiger partial charge is 0.161 e. The van der Waals surface area contributed by atoms with Gasteiger partial charge in [-0.1, -0.05) is 41.4 Å². The third kappa shape index (κ3) is 4.01. The highest BCUT2D eigenvalue weighted by Gasteiger charge is 2.38. The molecule has 1 atom stereocenters. The lowest BCUT2D eigenvalue weighted by molar-refractivity contribution is -0.116. The van der Waals surface area contributed by atoms with E-state index in [0.29, 0.717) is 45.8 Å². The van der Waals surface area contributed by atoms with Crippen molar-refractivity contribution in [3.8, 4) is 11.8 Å². The van der Waals surface area contributed by atoms with Gasteiger partial charge in [0.1, 0.15) is 18.2 Å². The number of rotatable bonds is 4. The van der Waals surface area contributed by atoms with Crippen LogP contribution < -0.4 is 10.5 Å².